The third-order valence-electron chi connectivity index (χ3n) is 2.65. The van der Waals surface area contributed by atoms with Crippen molar-refractivity contribution in [2.45, 2.75) is 19.5 Å². The van der Waals surface area contributed by atoms with Gasteiger partial charge in [-0.15, -0.1) is 0 Å². The Labute approximate surface area is 89.1 Å². The first kappa shape index (κ1) is 9.98. The van der Waals surface area contributed by atoms with E-state index < -0.39 is 0 Å². The van der Waals surface area contributed by atoms with Crippen molar-refractivity contribution in [3.8, 4) is 0 Å². The molecular formula is C11H15N3O. The van der Waals surface area contributed by atoms with Crippen LogP contribution in [0.4, 0.5) is 10.5 Å². The van der Waals surface area contributed by atoms with Crippen molar-refractivity contribution in [1.29, 1.82) is 0 Å². The molecule has 0 saturated heterocycles. The van der Waals surface area contributed by atoms with Gasteiger partial charge >= 0.3 is 6.03 Å². The zero-order valence-electron chi connectivity index (χ0n) is 8.95. The Morgan fingerprint density at radius 3 is 2.93 bits per heavy atom. The molecule has 4 heteroatoms. The summed E-state index contributed by atoms with van der Waals surface area (Å²) in [7, 11) is 1.77. The maximum atomic E-state index is 11.4. The van der Waals surface area contributed by atoms with Crippen LogP contribution < -0.4 is 11.1 Å². The van der Waals surface area contributed by atoms with Crippen molar-refractivity contribution in [2.75, 3.05) is 12.4 Å². The number of carbonyl (C=O) groups excluding carboxylic acids is 1. The Morgan fingerprint density at radius 1 is 1.53 bits per heavy atom. The first-order valence-electron chi connectivity index (χ1n) is 4.98. The number of amides is 2. The van der Waals surface area contributed by atoms with Gasteiger partial charge in [-0.1, -0.05) is 12.1 Å². The zero-order valence-corrected chi connectivity index (χ0v) is 8.95. The third-order valence-corrected chi connectivity index (χ3v) is 2.65. The lowest BCUT2D eigenvalue weighted by Gasteiger charge is -2.26. The number of carbonyl (C=O) groups is 1. The molecule has 3 N–H and O–H groups in total. The molecule has 0 bridgehead atoms. The second-order valence-corrected chi connectivity index (χ2v) is 3.99. The number of nitrogens with zero attached hydrogens (tertiary/aromatic N) is 1. The Balaban J connectivity index is 2.37. The van der Waals surface area contributed by atoms with Crippen molar-refractivity contribution in [3.05, 3.63) is 29.3 Å². The van der Waals surface area contributed by atoms with E-state index in [1.807, 2.05) is 19.1 Å². The number of anilines is 1. The first-order valence-corrected chi connectivity index (χ1v) is 4.98. The van der Waals surface area contributed by atoms with Crippen LogP contribution in [0.3, 0.4) is 0 Å². The van der Waals surface area contributed by atoms with Crippen LogP contribution in [0.1, 0.15) is 24.1 Å². The number of benzene rings is 1. The van der Waals surface area contributed by atoms with Gasteiger partial charge in [0, 0.05) is 25.3 Å². The molecule has 0 radical (unpaired) electrons. The van der Waals surface area contributed by atoms with E-state index in [0.717, 1.165) is 16.8 Å². The predicted molar refractivity (Wildman–Crippen MR) is 59.5 cm³/mol. The number of hydrogen-bond acceptors (Lipinski definition) is 2. The Bertz CT molecular complexity index is 401. The lowest BCUT2D eigenvalue weighted by molar-refractivity contribution is 0.218. The SMILES string of the molecule is CC(N)c1ccc2c(c1)CN(C)C(=O)N2. The molecular weight excluding hydrogens is 190 g/mol. The van der Waals surface area contributed by atoms with Gasteiger partial charge in [-0.25, -0.2) is 4.79 Å². The summed E-state index contributed by atoms with van der Waals surface area (Å²) >= 11 is 0. The van der Waals surface area contributed by atoms with Crippen LogP contribution in [0.15, 0.2) is 18.2 Å². The quantitative estimate of drug-likeness (QED) is 0.732. The monoisotopic (exact) mass is 205 g/mol. The number of hydrogen-bond donors (Lipinski definition) is 2. The van der Waals surface area contributed by atoms with Gasteiger partial charge in [0.1, 0.15) is 0 Å². The second kappa shape index (κ2) is 3.55. The van der Waals surface area contributed by atoms with Crippen molar-refractivity contribution in [3.63, 3.8) is 0 Å². The molecule has 0 aliphatic carbocycles. The van der Waals surface area contributed by atoms with Gasteiger partial charge in [0.2, 0.25) is 0 Å². The average molecular weight is 205 g/mol. The summed E-state index contributed by atoms with van der Waals surface area (Å²) < 4.78 is 0. The van der Waals surface area contributed by atoms with Gasteiger partial charge in [-0.3, -0.25) is 0 Å². The van der Waals surface area contributed by atoms with E-state index in [9.17, 15) is 4.79 Å². The maximum Gasteiger partial charge on any atom is 0.321 e. The molecule has 2 rings (SSSR count). The number of urea groups is 1. The van der Waals surface area contributed by atoms with E-state index in [2.05, 4.69) is 11.4 Å². The summed E-state index contributed by atoms with van der Waals surface area (Å²) in [5.41, 5.74) is 8.91. The van der Waals surface area contributed by atoms with Gasteiger partial charge < -0.3 is 16.0 Å². The summed E-state index contributed by atoms with van der Waals surface area (Å²) in [6.07, 6.45) is 0. The van der Waals surface area contributed by atoms with Crippen molar-refractivity contribution >= 4 is 11.7 Å². The van der Waals surface area contributed by atoms with Crippen LogP contribution in [0.2, 0.25) is 0 Å². The van der Waals surface area contributed by atoms with E-state index in [-0.39, 0.29) is 12.1 Å². The zero-order chi connectivity index (χ0) is 11.0. The van der Waals surface area contributed by atoms with Gasteiger partial charge in [0.25, 0.3) is 0 Å². The highest BCUT2D eigenvalue weighted by molar-refractivity contribution is 5.92. The molecule has 1 heterocycles. The Kier molecular flexibility index (Phi) is 2.36. The Hall–Kier alpha value is -1.55. The highest BCUT2D eigenvalue weighted by Crippen LogP contribution is 2.25. The van der Waals surface area contributed by atoms with Crippen LogP contribution in [0.5, 0.6) is 0 Å². The molecule has 4 nitrogen and oxygen atoms in total. The largest absolute Gasteiger partial charge is 0.324 e. The molecule has 0 saturated carbocycles. The lowest BCUT2D eigenvalue weighted by Crippen LogP contribution is -2.35. The molecule has 0 aromatic heterocycles. The van der Waals surface area contributed by atoms with Gasteiger partial charge in [0.05, 0.1) is 0 Å². The summed E-state index contributed by atoms with van der Waals surface area (Å²) in [4.78, 5) is 13.0. The summed E-state index contributed by atoms with van der Waals surface area (Å²) in [5, 5.41) is 2.82. The summed E-state index contributed by atoms with van der Waals surface area (Å²) in [6, 6.07) is 5.89. The molecule has 1 aliphatic rings. The van der Waals surface area contributed by atoms with E-state index in [4.69, 9.17) is 5.73 Å². The fourth-order valence-corrected chi connectivity index (χ4v) is 1.69. The summed E-state index contributed by atoms with van der Waals surface area (Å²) in [6.45, 7) is 2.59. The molecule has 1 aromatic rings. The first-order chi connectivity index (χ1) is 7.08. The molecule has 1 aliphatic heterocycles. The highest BCUT2D eigenvalue weighted by Gasteiger charge is 2.19. The number of nitrogens with one attached hydrogen (secondary N) is 1. The fraction of sp³-hybridized carbons (Fsp3) is 0.364. The van der Waals surface area contributed by atoms with Crippen molar-refractivity contribution < 1.29 is 4.79 Å². The molecule has 1 aromatic carbocycles. The van der Waals surface area contributed by atoms with Crippen LogP contribution >= 0.6 is 0 Å². The van der Waals surface area contributed by atoms with Crippen molar-refractivity contribution in [1.82, 2.24) is 4.90 Å². The minimum atomic E-state index is -0.0592. The number of rotatable bonds is 1. The highest BCUT2D eigenvalue weighted by atomic mass is 16.2. The standard InChI is InChI=1S/C11H15N3O/c1-7(12)8-3-4-10-9(5-8)6-14(2)11(15)13-10/h3-5,7H,6,12H2,1-2H3,(H,13,15). The number of fused-ring (bicyclic) bond motifs is 1. The topological polar surface area (TPSA) is 58.4 Å². The predicted octanol–water partition coefficient (Wildman–Crippen LogP) is 1.68. The van der Waals surface area contributed by atoms with Crippen LogP contribution in [0, 0.1) is 0 Å². The van der Waals surface area contributed by atoms with Crippen LogP contribution in [0.25, 0.3) is 0 Å². The minimum Gasteiger partial charge on any atom is -0.324 e. The molecule has 2 amide bonds. The van der Waals surface area contributed by atoms with E-state index in [0.29, 0.717) is 6.54 Å². The average Bonchev–Trinajstić information content (AvgIpc) is 2.19. The maximum absolute atomic E-state index is 11.4. The summed E-state index contributed by atoms with van der Waals surface area (Å²) in [5.74, 6) is 0. The molecule has 15 heavy (non-hydrogen) atoms. The molecule has 0 fully saturated rings. The molecule has 80 valence electrons. The van der Waals surface area contributed by atoms with Gasteiger partial charge in [-0.2, -0.15) is 0 Å². The van der Waals surface area contributed by atoms with E-state index in [1.54, 1.807) is 11.9 Å². The van der Waals surface area contributed by atoms with E-state index >= 15 is 0 Å². The van der Waals surface area contributed by atoms with Crippen molar-refractivity contribution in [2.24, 2.45) is 5.73 Å². The molecule has 0 spiro atoms. The van der Waals surface area contributed by atoms with Crippen LogP contribution in [-0.2, 0) is 6.54 Å². The van der Waals surface area contributed by atoms with Gasteiger partial charge in [0.15, 0.2) is 0 Å². The van der Waals surface area contributed by atoms with E-state index in [1.165, 1.54) is 0 Å². The lowest BCUT2D eigenvalue weighted by atomic mass is 10.0. The Morgan fingerprint density at radius 2 is 2.27 bits per heavy atom. The normalized spacial score (nSPS) is 17.0. The van der Waals surface area contributed by atoms with Crippen LogP contribution in [-0.4, -0.2) is 18.0 Å². The third kappa shape index (κ3) is 1.80. The van der Waals surface area contributed by atoms with Gasteiger partial charge in [-0.05, 0) is 24.1 Å². The number of nitrogens with two attached hydrogens (primary N) is 1. The smallest absolute Gasteiger partial charge is 0.321 e. The molecule has 1 atom stereocenters. The fourth-order valence-electron chi connectivity index (χ4n) is 1.69. The second-order valence-electron chi connectivity index (χ2n) is 3.99. The molecule has 1 unspecified atom stereocenters. The minimum absolute atomic E-state index is 0.0261.